The largest absolute Gasteiger partial charge is 0.467 e. The number of fused-ring (bicyclic) bond motifs is 1. The van der Waals surface area contributed by atoms with Crippen molar-refractivity contribution in [2.75, 3.05) is 13.7 Å². The van der Waals surface area contributed by atoms with Crippen LogP contribution in [0.4, 0.5) is 9.18 Å². The molecule has 0 saturated carbocycles. The van der Waals surface area contributed by atoms with Gasteiger partial charge in [0.05, 0.1) is 7.11 Å². The lowest BCUT2D eigenvalue weighted by Crippen LogP contribution is -2.62. The van der Waals surface area contributed by atoms with Gasteiger partial charge in [-0.3, -0.25) is 9.59 Å². The van der Waals surface area contributed by atoms with Crippen LogP contribution in [0.15, 0.2) is 30.3 Å². The normalized spacial score (nSPS) is 26.1. The molecular weight excluding hydrogens is 553 g/mol. The first-order valence-corrected chi connectivity index (χ1v) is 13.9. The van der Waals surface area contributed by atoms with Gasteiger partial charge in [-0.25, -0.2) is 14.0 Å². The molecule has 6 atom stereocenters. The zero-order chi connectivity index (χ0) is 31.5. The second-order valence-electron chi connectivity index (χ2n) is 12.2. The first-order chi connectivity index (χ1) is 19.5. The van der Waals surface area contributed by atoms with E-state index in [9.17, 15) is 19.2 Å². The number of halogens is 1. The first kappa shape index (κ1) is 33.2. The van der Waals surface area contributed by atoms with Crippen LogP contribution >= 0.6 is 0 Å². The van der Waals surface area contributed by atoms with Crippen LogP contribution in [0, 0.1) is 5.92 Å². The number of alkyl carbamates (subject to hydrolysis) is 1. The second-order valence-corrected chi connectivity index (χ2v) is 12.2. The molecule has 0 radical (unpaired) electrons. The van der Waals surface area contributed by atoms with Gasteiger partial charge < -0.3 is 39.6 Å². The van der Waals surface area contributed by atoms with Crippen LogP contribution in [0.2, 0.25) is 0 Å². The van der Waals surface area contributed by atoms with Gasteiger partial charge in [-0.1, -0.05) is 44.2 Å². The molecule has 2 aliphatic rings. The Balaban J connectivity index is 1.81. The van der Waals surface area contributed by atoms with E-state index in [0.29, 0.717) is 0 Å². The highest BCUT2D eigenvalue weighted by molar-refractivity contribution is 5.92. The van der Waals surface area contributed by atoms with Gasteiger partial charge in [0, 0.05) is 13.0 Å². The highest BCUT2D eigenvalue weighted by atomic mass is 19.1. The molecule has 0 unspecified atom stereocenters. The van der Waals surface area contributed by atoms with E-state index < -0.39 is 84.0 Å². The number of esters is 1. The van der Waals surface area contributed by atoms with E-state index >= 15 is 4.39 Å². The molecule has 3 rings (SSSR count). The number of carbonyl (C=O) groups excluding carboxylic acids is 4. The first-order valence-electron chi connectivity index (χ1n) is 13.9. The van der Waals surface area contributed by atoms with Gasteiger partial charge in [0.2, 0.25) is 11.6 Å². The smallest absolute Gasteiger partial charge is 0.408 e. The molecule has 42 heavy (non-hydrogen) atoms. The van der Waals surface area contributed by atoms with Gasteiger partial charge in [-0.05, 0) is 46.1 Å². The summed E-state index contributed by atoms with van der Waals surface area (Å²) in [4.78, 5) is 51.6. The summed E-state index contributed by atoms with van der Waals surface area (Å²) in [7, 11) is 1.16. The van der Waals surface area contributed by atoms with Crippen molar-refractivity contribution in [1.29, 1.82) is 0 Å². The summed E-state index contributed by atoms with van der Waals surface area (Å²) in [5.74, 6) is -4.25. The van der Waals surface area contributed by atoms with Crippen LogP contribution in [0.1, 0.15) is 54.0 Å². The molecule has 0 aromatic heterocycles. The van der Waals surface area contributed by atoms with Crippen molar-refractivity contribution in [3.05, 3.63) is 35.9 Å². The van der Waals surface area contributed by atoms with Crippen LogP contribution < -0.4 is 16.0 Å². The Hall–Kier alpha value is -3.29. The summed E-state index contributed by atoms with van der Waals surface area (Å²) >= 11 is 0. The molecule has 2 fully saturated rings. The number of nitrogens with one attached hydrogen (secondary N) is 3. The fraction of sp³-hybridized carbons (Fsp3) is 0.655. The standard InChI is InChI=1S/C29H42FN3O9/c1-16(2)20(23(35)38-8)33-25(36)29(30)19(39-24-21(29)40-28(6,7)41-24)15-31-22(34)18(14-17-12-10-9-11-13-17)32-26(37)42-27(3,4)5/h9-13,16,18-21,24H,14-15H2,1-8H3,(H,31,34)(H,32,37)(H,33,36)/t18-,19+,20-,21-,24+,29-/m0/s1. The number of carbonyl (C=O) groups is 4. The maximum Gasteiger partial charge on any atom is 0.408 e. The quantitative estimate of drug-likeness (QED) is 0.346. The zero-order valence-corrected chi connectivity index (χ0v) is 25.3. The average Bonchev–Trinajstić information content (AvgIpc) is 3.34. The molecule has 0 spiro atoms. The maximum atomic E-state index is 16.9. The van der Waals surface area contributed by atoms with Crippen LogP contribution in [-0.2, 0) is 44.5 Å². The van der Waals surface area contributed by atoms with E-state index in [-0.39, 0.29) is 6.42 Å². The Morgan fingerprint density at radius 1 is 1.05 bits per heavy atom. The van der Waals surface area contributed by atoms with Crippen LogP contribution in [0.3, 0.4) is 0 Å². The fourth-order valence-electron chi connectivity index (χ4n) is 4.73. The summed E-state index contributed by atoms with van der Waals surface area (Å²) < 4.78 is 44.1. The summed E-state index contributed by atoms with van der Waals surface area (Å²) in [6, 6.07) is 6.74. The number of methoxy groups -OCH3 is 1. The Morgan fingerprint density at radius 3 is 2.26 bits per heavy atom. The van der Waals surface area contributed by atoms with E-state index in [2.05, 4.69) is 16.0 Å². The summed E-state index contributed by atoms with van der Waals surface area (Å²) in [5.41, 5.74) is -2.91. The number of hydrogen-bond donors (Lipinski definition) is 3. The second kappa shape index (κ2) is 12.9. The van der Waals surface area contributed by atoms with Gasteiger partial charge in [0.25, 0.3) is 5.91 Å². The maximum absolute atomic E-state index is 16.9. The number of benzene rings is 1. The van der Waals surface area contributed by atoms with Gasteiger partial charge in [-0.2, -0.15) is 0 Å². The lowest BCUT2D eigenvalue weighted by atomic mass is 9.91. The molecule has 234 valence electrons. The van der Waals surface area contributed by atoms with Gasteiger partial charge >= 0.3 is 12.1 Å². The van der Waals surface area contributed by atoms with Crippen molar-refractivity contribution in [3.63, 3.8) is 0 Å². The molecule has 0 aliphatic carbocycles. The minimum atomic E-state index is -2.86. The van der Waals surface area contributed by atoms with E-state index in [1.807, 2.05) is 6.07 Å². The molecule has 2 saturated heterocycles. The number of alkyl halides is 1. The van der Waals surface area contributed by atoms with Crippen molar-refractivity contribution in [3.8, 4) is 0 Å². The third kappa shape index (κ3) is 7.96. The highest BCUT2D eigenvalue weighted by Gasteiger charge is 2.68. The molecule has 12 nitrogen and oxygen atoms in total. The van der Waals surface area contributed by atoms with Crippen LogP contribution in [-0.4, -0.2) is 85.2 Å². The van der Waals surface area contributed by atoms with Gasteiger partial charge in [0.1, 0.15) is 23.8 Å². The SMILES string of the molecule is COC(=O)[C@@H](NC(=O)[C@]1(F)[C@@H](CNC(=O)[C@H](Cc2ccccc2)NC(=O)OC(C)(C)C)O[C@@H]2OC(C)(C)O[C@@H]21)C(C)C. The van der Waals surface area contributed by atoms with E-state index in [1.165, 1.54) is 0 Å². The molecular formula is C29H42FN3O9. The van der Waals surface area contributed by atoms with Crippen molar-refractivity contribution in [2.24, 2.45) is 5.92 Å². The van der Waals surface area contributed by atoms with E-state index in [1.54, 1.807) is 72.7 Å². The fourth-order valence-corrected chi connectivity index (χ4v) is 4.73. The lowest BCUT2D eigenvalue weighted by Gasteiger charge is -2.32. The highest BCUT2D eigenvalue weighted by Crippen LogP contribution is 2.45. The predicted molar refractivity (Wildman–Crippen MR) is 148 cm³/mol. The Labute approximate surface area is 245 Å². The third-order valence-electron chi connectivity index (χ3n) is 6.75. The minimum Gasteiger partial charge on any atom is -0.467 e. The van der Waals surface area contributed by atoms with E-state index in [0.717, 1.165) is 12.7 Å². The molecule has 1 aromatic rings. The van der Waals surface area contributed by atoms with Crippen molar-refractivity contribution < 1.29 is 47.3 Å². The monoisotopic (exact) mass is 595 g/mol. The van der Waals surface area contributed by atoms with Gasteiger partial charge in [0.15, 0.2) is 18.2 Å². The summed E-state index contributed by atoms with van der Waals surface area (Å²) in [5, 5.41) is 7.57. The van der Waals surface area contributed by atoms with Crippen molar-refractivity contribution >= 4 is 23.9 Å². The lowest BCUT2D eigenvalue weighted by molar-refractivity contribution is -0.219. The molecule has 0 bridgehead atoms. The summed E-state index contributed by atoms with van der Waals surface area (Å²) in [6.45, 7) is 11.0. The third-order valence-corrected chi connectivity index (χ3v) is 6.75. The Kier molecular flexibility index (Phi) is 10.2. The average molecular weight is 596 g/mol. The summed E-state index contributed by atoms with van der Waals surface area (Å²) in [6.07, 6.45) is -5.00. The number of amides is 3. The van der Waals surface area contributed by atoms with Crippen molar-refractivity contribution in [2.45, 2.75) is 103 Å². The Bertz CT molecular complexity index is 1140. The van der Waals surface area contributed by atoms with Crippen molar-refractivity contribution in [1.82, 2.24) is 16.0 Å². The molecule has 1 aromatic carbocycles. The topological polar surface area (TPSA) is 151 Å². The minimum absolute atomic E-state index is 0.111. The van der Waals surface area contributed by atoms with E-state index in [4.69, 9.17) is 23.7 Å². The zero-order valence-electron chi connectivity index (χ0n) is 25.3. The Morgan fingerprint density at radius 2 is 1.69 bits per heavy atom. The van der Waals surface area contributed by atoms with Gasteiger partial charge in [-0.15, -0.1) is 0 Å². The van der Waals surface area contributed by atoms with Crippen LogP contribution in [0.5, 0.6) is 0 Å². The van der Waals surface area contributed by atoms with Crippen LogP contribution in [0.25, 0.3) is 0 Å². The number of rotatable bonds is 10. The molecule has 3 N–H and O–H groups in total. The molecule has 13 heteroatoms. The molecule has 2 aliphatic heterocycles. The molecule has 2 heterocycles. The predicted octanol–water partition coefficient (Wildman–Crippen LogP) is 2.14. The number of ether oxygens (including phenoxy) is 5. The number of hydrogen-bond acceptors (Lipinski definition) is 9. The molecule has 3 amide bonds.